The number of fused-ring (bicyclic) bond motifs is 1. The first-order valence-electron chi connectivity index (χ1n) is 10.2. The second-order valence-electron chi connectivity index (χ2n) is 7.79. The summed E-state index contributed by atoms with van der Waals surface area (Å²) in [6.07, 6.45) is 0. The number of hydrogen-bond acceptors (Lipinski definition) is 5. The van der Waals surface area contributed by atoms with Crippen LogP contribution < -0.4 is 5.32 Å². The Hall–Kier alpha value is -4.44. The highest BCUT2D eigenvalue weighted by molar-refractivity contribution is 5.99. The number of phenolic OH excluding ortho intramolecular Hbond substituents is 1. The van der Waals surface area contributed by atoms with E-state index in [1.807, 2.05) is 31.2 Å². The molecule has 0 bridgehead atoms. The Balaban J connectivity index is 1.89. The van der Waals surface area contributed by atoms with Gasteiger partial charge < -0.3 is 15.5 Å². The van der Waals surface area contributed by atoms with Crippen molar-refractivity contribution in [2.75, 3.05) is 5.32 Å². The number of aryl methyl sites for hydroxylation is 1. The van der Waals surface area contributed by atoms with E-state index in [4.69, 9.17) is 0 Å². The van der Waals surface area contributed by atoms with E-state index in [1.54, 1.807) is 18.2 Å². The summed E-state index contributed by atoms with van der Waals surface area (Å²) in [6.45, 7) is 3.38. The fraction of sp³-hybridized carbons (Fsp3) is 0.115. The smallest absolute Gasteiger partial charge is 0.325 e. The number of halogens is 1. The molecule has 0 aliphatic rings. The normalized spacial score (nSPS) is 11.7. The number of rotatable bonds is 5. The number of nitriles is 1. The number of anilines is 1. The summed E-state index contributed by atoms with van der Waals surface area (Å²) >= 11 is 0. The van der Waals surface area contributed by atoms with Crippen LogP contribution in [0.25, 0.3) is 33.3 Å². The van der Waals surface area contributed by atoms with Crippen molar-refractivity contribution in [1.82, 2.24) is 4.98 Å². The monoisotopic (exact) mass is 441 g/mol. The van der Waals surface area contributed by atoms with Crippen LogP contribution in [0.5, 0.6) is 5.75 Å². The highest BCUT2D eigenvalue weighted by Gasteiger charge is 2.21. The van der Waals surface area contributed by atoms with Crippen LogP contribution >= 0.6 is 0 Å². The van der Waals surface area contributed by atoms with Gasteiger partial charge in [-0.15, -0.1) is 0 Å². The zero-order valence-electron chi connectivity index (χ0n) is 17.9. The maximum absolute atomic E-state index is 14.0. The largest absolute Gasteiger partial charge is 0.507 e. The molecule has 4 rings (SSSR count). The SMILES string of the molecule is Cc1ccc(O)c(-c2ccc(-c3nc4ccc(F)cc4c(NC(C)C(=O)O)c3C#N)cc2)c1. The summed E-state index contributed by atoms with van der Waals surface area (Å²) in [4.78, 5) is 16.0. The van der Waals surface area contributed by atoms with Gasteiger partial charge in [-0.25, -0.2) is 9.37 Å². The molecule has 0 aliphatic carbocycles. The van der Waals surface area contributed by atoms with Crippen LogP contribution in [0.3, 0.4) is 0 Å². The molecule has 6 nitrogen and oxygen atoms in total. The predicted octanol–water partition coefficient (Wildman–Crippen LogP) is 5.48. The minimum absolute atomic E-state index is 0.118. The van der Waals surface area contributed by atoms with Crippen molar-refractivity contribution in [1.29, 1.82) is 5.26 Å². The molecule has 1 atom stereocenters. The maximum Gasteiger partial charge on any atom is 0.325 e. The number of carbonyl (C=O) groups is 1. The lowest BCUT2D eigenvalue weighted by Gasteiger charge is -2.17. The van der Waals surface area contributed by atoms with Crippen LogP contribution in [0, 0.1) is 24.1 Å². The molecule has 0 saturated heterocycles. The zero-order valence-corrected chi connectivity index (χ0v) is 17.9. The second kappa shape index (κ2) is 8.60. The van der Waals surface area contributed by atoms with Crippen LogP contribution in [0.1, 0.15) is 18.1 Å². The van der Waals surface area contributed by atoms with E-state index in [1.165, 1.54) is 25.1 Å². The molecule has 7 heteroatoms. The molecular weight excluding hydrogens is 421 g/mol. The number of aromatic hydroxyl groups is 1. The molecule has 4 aromatic rings. The van der Waals surface area contributed by atoms with Gasteiger partial charge in [0.2, 0.25) is 0 Å². The summed E-state index contributed by atoms with van der Waals surface area (Å²) < 4.78 is 14.0. The fourth-order valence-corrected chi connectivity index (χ4v) is 3.67. The molecule has 1 unspecified atom stereocenters. The van der Waals surface area contributed by atoms with Crippen molar-refractivity contribution in [3.8, 4) is 34.2 Å². The minimum atomic E-state index is -1.11. The molecule has 0 spiro atoms. The average Bonchev–Trinajstić information content (AvgIpc) is 2.80. The van der Waals surface area contributed by atoms with Gasteiger partial charge in [0, 0.05) is 16.5 Å². The Morgan fingerprint density at radius 1 is 1.09 bits per heavy atom. The van der Waals surface area contributed by atoms with Crippen molar-refractivity contribution < 1.29 is 19.4 Å². The lowest BCUT2D eigenvalue weighted by molar-refractivity contribution is -0.137. The summed E-state index contributed by atoms with van der Waals surface area (Å²) in [5, 5.41) is 32.7. The molecule has 0 radical (unpaired) electrons. The third-order valence-electron chi connectivity index (χ3n) is 5.41. The lowest BCUT2D eigenvalue weighted by Crippen LogP contribution is -2.26. The third-order valence-corrected chi connectivity index (χ3v) is 5.41. The standard InChI is InChI=1S/C26H20FN3O3/c1-14-3-10-23(31)19(11-14)16-4-6-17(7-5-16)24-21(13-28)25(29-15(2)26(32)33)20-12-18(27)8-9-22(20)30-24/h3-12,15,31H,1-2H3,(H,29,30)(H,32,33). The van der Waals surface area contributed by atoms with Crippen molar-refractivity contribution in [2.24, 2.45) is 0 Å². The van der Waals surface area contributed by atoms with Gasteiger partial charge in [-0.1, -0.05) is 35.9 Å². The van der Waals surface area contributed by atoms with E-state index >= 15 is 0 Å². The molecule has 1 aromatic heterocycles. The molecule has 0 saturated carbocycles. The lowest BCUT2D eigenvalue weighted by atomic mass is 9.97. The Morgan fingerprint density at radius 3 is 2.45 bits per heavy atom. The van der Waals surface area contributed by atoms with Crippen LogP contribution in [0.2, 0.25) is 0 Å². The van der Waals surface area contributed by atoms with Gasteiger partial charge in [0.1, 0.15) is 29.2 Å². The third kappa shape index (κ3) is 4.19. The maximum atomic E-state index is 14.0. The summed E-state index contributed by atoms with van der Waals surface area (Å²) in [6, 6.07) is 17.6. The number of carboxylic acids is 1. The van der Waals surface area contributed by atoms with E-state index in [0.29, 0.717) is 27.7 Å². The van der Waals surface area contributed by atoms with Crippen molar-refractivity contribution in [2.45, 2.75) is 19.9 Å². The summed E-state index contributed by atoms with van der Waals surface area (Å²) in [5.41, 5.74) is 4.20. The van der Waals surface area contributed by atoms with Gasteiger partial charge in [0.15, 0.2) is 0 Å². The molecule has 164 valence electrons. The van der Waals surface area contributed by atoms with Crippen molar-refractivity contribution in [3.05, 3.63) is 77.6 Å². The van der Waals surface area contributed by atoms with Crippen LogP contribution in [-0.4, -0.2) is 27.2 Å². The number of carboxylic acid groups (broad SMARTS) is 1. The molecule has 1 heterocycles. The Morgan fingerprint density at radius 2 is 1.79 bits per heavy atom. The topological polar surface area (TPSA) is 106 Å². The quantitative estimate of drug-likeness (QED) is 0.379. The zero-order chi connectivity index (χ0) is 23.7. The van der Waals surface area contributed by atoms with Gasteiger partial charge in [-0.2, -0.15) is 5.26 Å². The van der Waals surface area contributed by atoms with Crippen molar-refractivity contribution in [3.63, 3.8) is 0 Å². The molecule has 3 N–H and O–H groups in total. The number of nitrogens with zero attached hydrogens (tertiary/aromatic N) is 2. The molecular formula is C26H20FN3O3. The minimum Gasteiger partial charge on any atom is -0.507 e. The first-order chi connectivity index (χ1) is 15.8. The second-order valence-corrected chi connectivity index (χ2v) is 7.79. The number of benzene rings is 3. The molecule has 0 fully saturated rings. The summed E-state index contributed by atoms with van der Waals surface area (Å²) in [5.74, 6) is -1.47. The Kier molecular flexibility index (Phi) is 5.67. The first-order valence-corrected chi connectivity index (χ1v) is 10.2. The van der Waals surface area contributed by atoms with Crippen LogP contribution in [0.15, 0.2) is 60.7 Å². The van der Waals surface area contributed by atoms with Crippen LogP contribution in [-0.2, 0) is 4.79 Å². The van der Waals surface area contributed by atoms with E-state index in [0.717, 1.165) is 11.1 Å². The molecule has 0 aliphatic heterocycles. The predicted molar refractivity (Wildman–Crippen MR) is 124 cm³/mol. The molecule has 0 amide bonds. The Bertz CT molecular complexity index is 1430. The summed E-state index contributed by atoms with van der Waals surface area (Å²) in [7, 11) is 0. The number of aliphatic carboxylic acids is 1. The van der Waals surface area contributed by atoms with Gasteiger partial charge in [-0.3, -0.25) is 4.79 Å². The van der Waals surface area contributed by atoms with Gasteiger partial charge in [0.25, 0.3) is 0 Å². The fourth-order valence-electron chi connectivity index (χ4n) is 3.67. The Labute approximate surface area is 189 Å². The first kappa shape index (κ1) is 21.8. The molecule has 3 aromatic carbocycles. The number of phenols is 1. The van der Waals surface area contributed by atoms with Gasteiger partial charge in [-0.05, 0) is 49.7 Å². The average molecular weight is 441 g/mol. The number of nitrogens with one attached hydrogen (secondary N) is 1. The van der Waals surface area contributed by atoms with Gasteiger partial charge >= 0.3 is 5.97 Å². The molecule has 33 heavy (non-hydrogen) atoms. The van der Waals surface area contributed by atoms with Gasteiger partial charge in [0.05, 0.1) is 16.9 Å². The van der Waals surface area contributed by atoms with E-state index in [2.05, 4.69) is 16.4 Å². The van der Waals surface area contributed by atoms with E-state index < -0.39 is 17.8 Å². The number of hydrogen-bond donors (Lipinski definition) is 3. The van der Waals surface area contributed by atoms with Crippen LogP contribution in [0.4, 0.5) is 10.1 Å². The highest BCUT2D eigenvalue weighted by Crippen LogP contribution is 2.36. The van der Waals surface area contributed by atoms with E-state index in [-0.39, 0.29) is 17.0 Å². The number of aromatic nitrogens is 1. The highest BCUT2D eigenvalue weighted by atomic mass is 19.1. The number of pyridine rings is 1. The van der Waals surface area contributed by atoms with E-state index in [9.17, 15) is 24.7 Å². The van der Waals surface area contributed by atoms with Crippen molar-refractivity contribution >= 4 is 22.6 Å².